The molecule has 4 bridgehead atoms. The molecular formula is C18H28O3. The normalized spacial score (nSPS) is 42.7. The molecule has 3 unspecified atom stereocenters. The maximum Gasteiger partial charge on any atom is 0.313 e. The molecule has 1 N–H and O–H groups in total. The predicted molar refractivity (Wildman–Crippen MR) is 81.6 cm³/mol. The van der Waals surface area contributed by atoms with Crippen molar-refractivity contribution in [3.63, 3.8) is 0 Å². The molecule has 0 saturated heterocycles. The second-order valence-corrected chi connectivity index (χ2v) is 8.09. The molecule has 118 valence electrons. The smallest absolute Gasteiger partial charge is 0.313 e. The first-order valence-electron chi connectivity index (χ1n) is 8.43. The van der Waals surface area contributed by atoms with Crippen LogP contribution in [0.1, 0.15) is 59.3 Å². The van der Waals surface area contributed by atoms with E-state index in [0.717, 1.165) is 25.7 Å². The molecule has 0 heterocycles. The van der Waals surface area contributed by atoms with E-state index in [4.69, 9.17) is 4.74 Å². The molecule has 4 rings (SSSR count). The van der Waals surface area contributed by atoms with Crippen molar-refractivity contribution in [3.05, 3.63) is 12.2 Å². The van der Waals surface area contributed by atoms with E-state index in [1.807, 2.05) is 19.1 Å². The Bertz CT molecular complexity index is 437. The van der Waals surface area contributed by atoms with Crippen LogP contribution in [0.3, 0.4) is 0 Å². The van der Waals surface area contributed by atoms with Crippen LogP contribution in [0.5, 0.6) is 0 Å². The third-order valence-corrected chi connectivity index (χ3v) is 5.68. The molecule has 0 aromatic carbocycles. The van der Waals surface area contributed by atoms with Crippen LogP contribution in [0, 0.1) is 23.7 Å². The summed E-state index contributed by atoms with van der Waals surface area (Å²) in [5.41, 5.74) is -0.955. The van der Waals surface area contributed by atoms with Crippen LogP contribution in [-0.2, 0) is 9.53 Å². The van der Waals surface area contributed by atoms with Crippen LogP contribution in [0.25, 0.3) is 0 Å². The molecule has 21 heavy (non-hydrogen) atoms. The summed E-state index contributed by atoms with van der Waals surface area (Å²) in [6, 6.07) is 0. The number of hydrogen-bond donors (Lipinski definition) is 1. The Labute approximate surface area is 127 Å². The highest BCUT2D eigenvalue weighted by Crippen LogP contribution is 2.59. The van der Waals surface area contributed by atoms with E-state index in [1.165, 1.54) is 6.42 Å². The molecule has 0 aliphatic heterocycles. The fourth-order valence-electron chi connectivity index (χ4n) is 5.31. The quantitative estimate of drug-likeness (QED) is 0.637. The second-order valence-electron chi connectivity index (χ2n) is 8.09. The van der Waals surface area contributed by atoms with Gasteiger partial charge in [-0.1, -0.05) is 26.0 Å². The molecule has 0 radical (unpaired) electrons. The van der Waals surface area contributed by atoms with Gasteiger partial charge in [0.25, 0.3) is 0 Å². The molecule has 3 nitrogen and oxygen atoms in total. The maximum atomic E-state index is 12.6. The van der Waals surface area contributed by atoms with Crippen molar-refractivity contribution in [1.29, 1.82) is 0 Å². The Kier molecular flexibility index (Phi) is 3.67. The summed E-state index contributed by atoms with van der Waals surface area (Å²) in [4.78, 5) is 12.6. The van der Waals surface area contributed by atoms with E-state index in [1.54, 1.807) is 0 Å². The van der Waals surface area contributed by atoms with E-state index >= 15 is 0 Å². The van der Waals surface area contributed by atoms with Crippen molar-refractivity contribution in [3.8, 4) is 0 Å². The van der Waals surface area contributed by atoms with Gasteiger partial charge in [-0.3, -0.25) is 4.79 Å². The van der Waals surface area contributed by atoms with Crippen molar-refractivity contribution in [2.75, 3.05) is 0 Å². The van der Waals surface area contributed by atoms with Gasteiger partial charge in [0, 0.05) is 6.42 Å². The molecule has 0 aromatic heterocycles. The highest BCUT2D eigenvalue weighted by molar-refractivity contribution is 5.75. The van der Waals surface area contributed by atoms with Gasteiger partial charge in [-0.05, 0) is 56.8 Å². The molecule has 4 saturated carbocycles. The lowest BCUT2D eigenvalue weighted by Gasteiger charge is -2.59. The van der Waals surface area contributed by atoms with Gasteiger partial charge in [0.05, 0.1) is 11.5 Å². The maximum absolute atomic E-state index is 12.6. The lowest BCUT2D eigenvalue weighted by atomic mass is 9.52. The first-order valence-corrected chi connectivity index (χ1v) is 8.43. The summed E-state index contributed by atoms with van der Waals surface area (Å²) in [6.45, 7) is 6.05. The Morgan fingerprint density at radius 3 is 2.33 bits per heavy atom. The number of carbonyl (C=O) groups is 1. The molecule has 0 amide bonds. The van der Waals surface area contributed by atoms with Crippen molar-refractivity contribution in [2.24, 2.45) is 23.7 Å². The van der Waals surface area contributed by atoms with Crippen LogP contribution in [-0.4, -0.2) is 22.3 Å². The highest BCUT2D eigenvalue weighted by atomic mass is 16.6. The zero-order valence-electron chi connectivity index (χ0n) is 13.5. The molecule has 3 heteroatoms. The largest absolute Gasteiger partial charge is 0.458 e. The zero-order valence-corrected chi connectivity index (χ0v) is 13.5. The molecular weight excluding hydrogens is 264 g/mol. The van der Waals surface area contributed by atoms with Crippen LogP contribution in [0.4, 0.5) is 0 Å². The average Bonchev–Trinajstić information content (AvgIpc) is 2.31. The monoisotopic (exact) mass is 292 g/mol. The van der Waals surface area contributed by atoms with Crippen molar-refractivity contribution < 1.29 is 14.6 Å². The zero-order chi connectivity index (χ0) is 15.3. The van der Waals surface area contributed by atoms with E-state index in [2.05, 4.69) is 13.8 Å². The summed E-state index contributed by atoms with van der Waals surface area (Å²) in [7, 11) is 0. The van der Waals surface area contributed by atoms with Crippen LogP contribution in [0.2, 0.25) is 0 Å². The summed E-state index contributed by atoms with van der Waals surface area (Å²) in [5.74, 6) is 1.06. The SMILES string of the molecule is C/C=C/C(C(=O)OC12CC3CC(CC(O)(C3)C1)C2)C(C)C. The van der Waals surface area contributed by atoms with Crippen LogP contribution >= 0.6 is 0 Å². The average molecular weight is 292 g/mol. The lowest BCUT2D eigenvalue weighted by molar-refractivity contribution is -0.222. The standard InChI is InChI=1S/C18H28O3/c1-4-5-15(12(2)3)16(19)21-18-9-13-6-14(10-18)8-17(20,7-13)11-18/h4-5,12-15,20H,6-11H2,1-3H3/b5-4+. The number of allylic oxidation sites excluding steroid dienone is 1. The van der Waals surface area contributed by atoms with E-state index in [0.29, 0.717) is 18.3 Å². The van der Waals surface area contributed by atoms with Crippen molar-refractivity contribution in [2.45, 2.75) is 70.5 Å². The fourth-order valence-corrected chi connectivity index (χ4v) is 5.31. The Balaban J connectivity index is 1.76. The number of rotatable bonds is 4. The first kappa shape index (κ1) is 15.1. The molecule has 4 aliphatic carbocycles. The van der Waals surface area contributed by atoms with E-state index in [9.17, 15) is 9.90 Å². The van der Waals surface area contributed by atoms with Gasteiger partial charge in [0.1, 0.15) is 5.60 Å². The molecule has 4 fully saturated rings. The van der Waals surface area contributed by atoms with Gasteiger partial charge in [0.15, 0.2) is 0 Å². The molecule has 3 atom stereocenters. The van der Waals surface area contributed by atoms with Crippen molar-refractivity contribution in [1.82, 2.24) is 0 Å². The Hall–Kier alpha value is -0.830. The molecule has 0 aromatic rings. The lowest BCUT2D eigenvalue weighted by Crippen LogP contribution is -2.60. The minimum Gasteiger partial charge on any atom is -0.458 e. The minimum atomic E-state index is -0.571. The van der Waals surface area contributed by atoms with E-state index < -0.39 is 5.60 Å². The van der Waals surface area contributed by atoms with Crippen LogP contribution in [0.15, 0.2) is 12.2 Å². The van der Waals surface area contributed by atoms with Gasteiger partial charge in [-0.25, -0.2) is 0 Å². The number of ether oxygens (including phenoxy) is 1. The third kappa shape index (κ3) is 2.77. The van der Waals surface area contributed by atoms with Gasteiger partial charge >= 0.3 is 5.97 Å². The summed E-state index contributed by atoms with van der Waals surface area (Å²) in [6.07, 6.45) is 9.47. The summed E-state index contributed by atoms with van der Waals surface area (Å²) in [5, 5.41) is 10.7. The Morgan fingerprint density at radius 1 is 1.24 bits per heavy atom. The first-order chi connectivity index (χ1) is 9.85. The topological polar surface area (TPSA) is 46.5 Å². The second kappa shape index (κ2) is 5.12. The van der Waals surface area contributed by atoms with Gasteiger partial charge in [-0.2, -0.15) is 0 Å². The Morgan fingerprint density at radius 2 is 1.86 bits per heavy atom. The number of carbonyl (C=O) groups excluding carboxylic acids is 1. The van der Waals surface area contributed by atoms with Crippen LogP contribution < -0.4 is 0 Å². The minimum absolute atomic E-state index is 0.103. The van der Waals surface area contributed by atoms with E-state index in [-0.39, 0.29) is 23.4 Å². The van der Waals surface area contributed by atoms with Crippen molar-refractivity contribution >= 4 is 5.97 Å². The number of hydrogen-bond acceptors (Lipinski definition) is 3. The van der Waals surface area contributed by atoms with Gasteiger partial charge in [0.2, 0.25) is 0 Å². The summed E-state index contributed by atoms with van der Waals surface area (Å²) < 4.78 is 6.04. The third-order valence-electron chi connectivity index (χ3n) is 5.68. The number of aliphatic hydroxyl groups is 1. The molecule has 0 spiro atoms. The molecule has 4 aliphatic rings. The van der Waals surface area contributed by atoms with Gasteiger partial charge < -0.3 is 9.84 Å². The summed E-state index contributed by atoms with van der Waals surface area (Å²) >= 11 is 0. The fraction of sp³-hybridized carbons (Fsp3) is 0.833. The predicted octanol–water partition coefficient (Wildman–Crippen LogP) is 3.46. The highest BCUT2D eigenvalue weighted by Gasteiger charge is 2.59. The number of esters is 1. The van der Waals surface area contributed by atoms with Gasteiger partial charge in [-0.15, -0.1) is 0 Å².